The Labute approximate surface area is 186 Å². The van der Waals surface area contributed by atoms with E-state index in [9.17, 15) is 4.79 Å². The van der Waals surface area contributed by atoms with Gasteiger partial charge in [-0.2, -0.15) is 4.98 Å². The Kier molecular flexibility index (Phi) is 5.29. The van der Waals surface area contributed by atoms with E-state index < -0.39 is 0 Å². The first-order valence-corrected chi connectivity index (χ1v) is 10.5. The van der Waals surface area contributed by atoms with E-state index >= 15 is 0 Å². The molecule has 0 spiro atoms. The van der Waals surface area contributed by atoms with Gasteiger partial charge in [0.25, 0.3) is 11.9 Å². The van der Waals surface area contributed by atoms with Gasteiger partial charge in [-0.3, -0.25) is 10.1 Å². The molecule has 2 heterocycles. The van der Waals surface area contributed by atoms with E-state index in [2.05, 4.69) is 45.0 Å². The third-order valence-electron chi connectivity index (χ3n) is 5.65. The van der Waals surface area contributed by atoms with Gasteiger partial charge in [0.05, 0.1) is 24.8 Å². The lowest BCUT2D eigenvalue weighted by atomic mass is 9.93. The van der Waals surface area contributed by atoms with Crippen molar-refractivity contribution < 1.29 is 9.53 Å². The maximum atomic E-state index is 12.8. The third kappa shape index (κ3) is 3.80. The van der Waals surface area contributed by atoms with Crippen LogP contribution in [0.2, 0.25) is 0 Å². The van der Waals surface area contributed by atoms with Gasteiger partial charge in [0.1, 0.15) is 5.75 Å². The normalized spacial score (nSPS) is 17.2. The van der Waals surface area contributed by atoms with Gasteiger partial charge < -0.3 is 10.1 Å². The number of amides is 1. The van der Waals surface area contributed by atoms with Crippen molar-refractivity contribution in [3.63, 3.8) is 0 Å². The quantitative estimate of drug-likeness (QED) is 0.485. The summed E-state index contributed by atoms with van der Waals surface area (Å²) in [5.41, 5.74) is 2.75. The number of rotatable bonds is 5. The fourth-order valence-corrected chi connectivity index (χ4v) is 4.09. The summed E-state index contributed by atoms with van der Waals surface area (Å²) in [5, 5.41) is 10.9. The number of hydrogen-bond acceptors (Lipinski definition) is 5. The maximum absolute atomic E-state index is 12.8. The number of benzene rings is 3. The summed E-state index contributed by atoms with van der Waals surface area (Å²) < 4.78 is 7.16. The molecule has 2 N–H and O–H groups in total. The van der Waals surface area contributed by atoms with Gasteiger partial charge >= 0.3 is 0 Å². The summed E-state index contributed by atoms with van der Waals surface area (Å²) in [7, 11) is 1.54. The zero-order chi connectivity index (χ0) is 21.9. The lowest BCUT2D eigenvalue weighted by Gasteiger charge is -2.31. The number of anilines is 2. The fourth-order valence-electron chi connectivity index (χ4n) is 4.09. The minimum Gasteiger partial charge on any atom is -0.496 e. The van der Waals surface area contributed by atoms with Crippen molar-refractivity contribution in [2.45, 2.75) is 18.5 Å². The highest BCUT2D eigenvalue weighted by Crippen LogP contribution is 2.38. The summed E-state index contributed by atoms with van der Waals surface area (Å²) in [4.78, 5) is 17.4. The molecule has 2 atom stereocenters. The highest BCUT2D eigenvalue weighted by molar-refractivity contribution is 6.05. The molecule has 7 nitrogen and oxygen atoms in total. The minimum absolute atomic E-state index is 0.0120. The molecule has 5 rings (SSSR count). The van der Waals surface area contributed by atoms with Crippen LogP contribution in [0.3, 0.4) is 0 Å². The number of carbonyl (C=O) groups is 1. The highest BCUT2D eigenvalue weighted by atomic mass is 16.5. The van der Waals surface area contributed by atoms with Crippen molar-refractivity contribution in [2.24, 2.45) is 0 Å². The molecule has 1 aliphatic rings. The van der Waals surface area contributed by atoms with E-state index in [1.807, 2.05) is 47.1 Å². The number of carbonyl (C=O) groups excluding carboxylic acids is 1. The summed E-state index contributed by atoms with van der Waals surface area (Å²) >= 11 is 0. The smallest absolute Gasteiger partial charge is 0.261 e. The molecule has 2 unspecified atom stereocenters. The number of ether oxygens (including phenoxy) is 1. The molecule has 0 aliphatic carbocycles. The van der Waals surface area contributed by atoms with Crippen LogP contribution in [0.4, 0.5) is 11.9 Å². The van der Waals surface area contributed by atoms with Crippen molar-refractivity contribution in [1.29, 1.82) is 0 Å². The summed E-state index contributed by atoms with van der Waals surface area (Å²) in [6, 6.07) is 27.7. The molecule has 160 valence electrons. The zero-order valence-electron chi connectivity index (χ0n) is 17.6. The molecule has 0 bridgehead atoms. The molecular weight excluding hydrogens is 402 g/mol. The third-order valence-corrected chi connectivity index (χ3v) is 5.65. The number of aromatic nitrogens is 3. The number of methoxy groups -OCH3 is 1. The van der Waals surface area contributed by atoms with Crippen LogP contribution in [0.5, 0.6) is 5.75 Å². The van der Waals surface area contributed by atoms with E-state index in [1.54, 1.807) is 18.2 Å². The molecule has 7 heteroatoms. The molecule has 0 saturated heterocycles. The van der Waals surface area contributed by atoms with Crippen LogP contribution < -0.4 is 15.4 Å². The molecule has 1 aliphatic heterocycles. The number of hydrogen-bond donors (Lipinski definition) is 2. The van der Waals surface area contributed by atoms with Crippen LogP contribution in [0.1, 0.15) is 40.0 Å². The first-order valence-electron chi connectivity index (χ1n) is 10.5. The van der Waals surface area contributed by atoms with Gasteiger partial charge in [-0.1, -0.05) is 72.8 Å². The van der Waals surface area contributed by atoms with E-state index in [4.69, 9.17) is 4.74 Å². The average Bonchev–Trinajstić information content (AvgIpc) is 3.26. The highest BCUT2D eigenvalue weighted by Gasteiger charge is 2.31. The van der Waals surface area contributed by atoms with Crippen LogP contribution in [-0.4, -0.2) is 27.8 Å². The van der Waals surface area contributed by atoms with E-state index in [0.717, 1.165) is 12.0 Å². The van der Waals surface area contributed by atoms with Crippen molar-refractivity contribution in [1.82, 2.24) is 14.8 Å². The summed E-state index contributed by atoms with van der Waals surface area (Å²) in [6.45, 7) is 0. The standard InChI is InChI=1S/C25H23N5O2/c1-32-22-15-9-8-14-19(22)23(31)27-24-28-25-26-20(17-10-4-2-5-11-17)16-21(30(25)29-24)18-12-6-3-7-13-18/h2-15,20-21H,16H2,1H3,(H2,26,27,28,29,31). The SMILES string of the molecule is COc1ccccc1C(=O)Nc1nc2n(n1)C(c1ccccc1)CC(c1ccccc1)N2. The molecule has 0 fully saturated rings. The molecule has 1 amide bonds. The Morgan fingerprint density at radius 2 is 1.62 bits per heavy atom. The van der Waals surface area contributed by atoms with Crippen molar-refractivity contribution in [3.8, 4) is 5.75 Å². The Hall–Kier alpha value is -4.13. The van der Waals surface area contributed by atoms with E-state index in [-0.39, 0.29) is 23.9 Å². The lowest BCUT2D eigenvalue weighted by Crippen LogP contribution is -2.28. The number of nitrogens with one attached hydrogen (secondary N) is 2. The minimum atomic E-state index is -0.318. The second-order valence-corrected chi connectivity index (χ2v) is 7.63. The monoisotopic (exact) mass is 425 g/mol. The molecule has 4 aromatic rings. The molecular formula is C25H23N5O2. The van der Waals surface area contributed by atoms with Gasteiger partial charge in [-0.15, -0.1) is 5.10 Å². The topological polar surface area (TPSA) is 81.1 Å². The first-order chi connectivity index (χ1) is 15.7. The zero-order valence-corrected chi connectivity index (χ0v) is 17.6. The second kappa shape index (κ2) is 8.55. The van der Waals surface area contributed by atoms with Crippen LogP contribution in [-0.2, 0) is 0 Å². The van der Waals surface area contributed by atoms with Gasteiger partial charge in [0.2, 0.25) is 5.95 Å². The van der Waals surface area contributed by atoms with Crippen molar-refractivity contribution in [3.05, 3.63) is 102 Å². The van der Waals surface area contributed by atoms with E-state index in [1.165, 1.54) is 12.7 Å². The number of nitrogens with zero attached hydrogens (tertiary/aromatic N) is 3. The second-order valence-electron chi connectivity index (χ2n) is 7.63. The summed E-state index contributed by atoms with van der Waals surface area (Å²) in [5.74, 6) is 1.05. The summed E-state index contributed by atoms with van der Waals surface area (Å²) in [6.07, 6.45) is 0.810. The first kappa shape index (κ1) is 19.8. The van der Waals surface area contributed by atoms with Crippen LogP contribution >= 0.6 is 0 Å². The van der Waals surface area contributed by atoms with Crippen LogP contribution in [0.25, 0.3) is 0 Å². The number of fused-ring (bicyclic) bond motifs is 1. The van der Waals surface area contributed by atoms with Crippen molar-refractivity contribution >= 4 is 17.8 Å². The molecule has 0 radical (unpaired) electrons. The van der Waals surface area contributed by atoms with E-state index in [0.29, 0.717) is 17.3 Å². The van der Waals surface area contributed by atoms with Gasteiger partial charge in [0.15, 0.2) is 0 Å². The molecule has 0 saturated carbocycles. The molecule has 1 aromatic heterocycles. The molecule has 3 aromatic carbocycles. The largest absolute Gasteiger partial charge is 0.496 e. The Balaban J connectivity index is 1.48. The predicted octanol–water partition coefficient (Wildman–Crippen LogP) is 4.69. The Morgan fingerprint density at radius 3 is 2.34 bits per heavy atom. The Morgan fingerprint density at radius 1 is 0.969 bits per heavy atom. The fraction of sp³-hybridized carbons (Fsp3) is 0.160. The maximum Gasteiger partial charge on any atom is 0.261 e. The predicted molar refractivity (Wildman–Crippen MR) is 123 cm³/mol. The van der Waals surface area contributed by atoms with Crippen LogP contribution in [0, 0.1) is 0 Å². The van der Waals surface area contributed by atoms with Gasteiger partial charge in [-0.25, -0.2) is 4.68 Å². The Bertz CT molecular complexity index is 1220. The average molecular weight is 425 g/mol. The molecule has 32 heavy (non-hydrogen) atoms. The van der Waals surface area contributed by atoms with Gasteiger partial charge in [-0.05, 0) is 29.7 Å². The van der Waals surface area contributed by atoms with Crippen LogP contribution in [0.15, 0.2) is 84.9 Å². The van der Waals surface area contributed by atoms with Gasteiger partial charge in [0, 0.05) is 0 Å². The lowest BCUT2D eigenvalue weighted by molar-refractivity contribution is 0.102. The number of para-hydroxylation sites is 1. The van der Waals surface area contributed by atoms with Crippen molar-refractivity contribution in [2.75, 3.05) is 17.7 Å².